The van der Waals surface area contributed by atoms with Gasteiger partial charge in [0.05, 0.1) is 5.69 Å². The molecule has 2 aromatic carbocycles. The normalized spacial score (nSPS) is 10.9. The molecule has 0 atom stereocenters. The summed E-state index contributed by atoms with van der Waals surface area (Å²) in [5, 5.41) is 0. The third kappa shape index (κ3) is 3.45. The van der Waals surface area contributed by atoms with E-state index in [4.69, 9.17) is 0 Å². The zero-order chi connectivity index (χ0) is 21.3. The van der Waals surface area contributed by atoms with E-state index in [1.807, 2.05) is 37.3 Å². The number of carbonyl (C=O) groups excluding carboxylic acids is 2. The van der Waals surface area contributed by atoms with Crippen LogP contribution < -0.4 is 4.90 Å². The predicted molar refractivity (Wildman–Crippen MR) is 112 cm³/mol. The Balaban J connectivity index is 1.78. The van der Waals surface area contributed by atoms with Crippen molar-refractivity contribution in [3.63, 3.8) is 0 Å². The first-order valence-corrected chi connectivity index (χ1v) is 9.50. The molecule has 0 saturated carbocycles. The van der Waals surface area contributed by atoms with Crippen LogP contribution in [0.4, 0.5) is 10.1 Å². The summed E-state index contributed by atoms with van der Waals surface area (Å²) in [6, 6.07) is 14.8. The number of rotatable bonds is 5. The number of nitrogens with zero attached hydrogens (tertiary/aromatic N) is 4. The highest BCUT2D eigenvalue weighted by atomic mass is 19.1. The molecule has 2 heterocycles. The third-order valence-corrected chi connectivity index (χ3v) is 4.90. The van der Waals surface area contributed by atoms with Gasteiger partial charge in [0.1, 0.15) is 12.1 Å². The third-order valence-electron chi connectivity index (χ3n) is 4.90. The molecule has 0 unspecified atom stereocenters. The van der Waals surface area contributed by atoms with Gasteiger partial charge < -0.3 is 4.90 Å². The van der Waals surface area contributed by atoms with Crippen molar-refractivity contribution >= 4 is 23.0 Å². The number of benzene rings is 2. The Labute approximate surface area is 172 Å². The van der Waals surface area contributed by atoms with E-state index >= 15 is 0 Å². The maximum absolute atomic E-state index is 13.2. The van der Waals surface area contributed by atoms with Gasteiger partial charge in [-0.25, -0.2) is 14.4 Å². The van der Waals surface area contributed by atoms with Gasteiger partial charge >= 0.3 is 0 Å². The van der Waals surface area contributed by atoms with E-state index in [1.165, 1.54) is 31.2 Å². The van der Waals surface area contributed by atoms with Crippen LogP contribution in [-0.2, 0) is 4.79 Å². The van der Waals surface area contributed by atoms with Gasteiger partial charge in [0, 0.05) is 36.5 Å². The fourth-order valence-corrected chi connectivity index (χ4v) is 3.45. The molecule has 0 bridgehead atoms. The minimum Gasteiger partial charge on any atom is -0.313 e. The van der Waals surface area contributed by atoms with Gasteiger partial charge in [0.2, 0.25) is 11.7 Å². The Morgan fingerprint density at radius 3 is 2.53 bits per heavy atom. The fourth-order valence-electron chi connectivity index (χ4n) is 3.45. The number of amides is 1. The molecule has 4 rings (SSSR count). The minimum atomic E-state index is -0.409. The van der Waals surface area contributed by atoms with E-state index in [2.05, 4.69) is 9.97 Å². The summed E-state index contributed by atoms with van der Waals surface area (Å²) >= 11 is 0. The van der Waals surface area contributed by atoms with Crippen LogP contribution in [0, 0.1) is 5.82 Å². The monoisotopic (exact) mass is 402 g/mol. The molecule has 7 heteroatoms. The molecule has 1 amide bonds. The Morgan fingerprint density at radius 1 is 1.07 bits per heavy atom. The minimum absolute atomic E-state index is 0.0377. The smallest absolute Gasteiger partial charge is 0.223 e. The standard InChI is InChI=1S/C23H19FN4O2/c1-3-27(15(2)29)19-6-4-5-17(13-19)20-11-12-25-23-21(26-14-28(20)23)22(30)16-7-9-18(24)10-8-16/h4-14H,3H2,1-2H3. The topological polar surface area (TPSA) is 67.6 Å². The second-order valence-electron chi connectivity index (χ2n) is 6.77. The van der Waals surface area contributed by atoms with Crippen molar-refractivity contribution in [3.8, 4) is 11.3 Å². The Bertz CT molecular complexity index is 1250. The van der Waals surface area contributed by atoms with Gasteiger partial charge in [-0.3, -0.25) is 14.0 Å². The first-order chi connectivity index (χ1) is 14.5. The van der Waals surface area contributed by atoms with E-state index in [-0.39, 0.29) is 17.4 Å². The summed E-state index contributed by atoms with van der Waals surface area (Å²) < 4.78 is 14.9. The number of anilines is 1. The molecule has 2 aromatic heterocycles. The largest absolute Gasteiger partial charge is 0.313 e. The molecule has 30 heavy (non-hydrogen) atoms. The van der Waals surface area contributed by atoms with Crippen molar-refractivity contribution < 1.29 is 14.0 Å². The molecule has 0 fully saturated rings. The number of fused-ring (bicyclic) bond motifs is 1. The molecule has 0 saturated heterocycles. The average Bonchev–Trinajstić information content (AvgIpc) is 3.18. The van der Waals surface area contributed by atoms with E-state index < -0.39 is 5.82 Å². The first-order valence-electron chi connectivity index (χ1n) is 9.50. The lowest BCUT2D eigenvalue weighted by atomic mass is 10.1. The molecule has 6 nitrogen and oxygen atoms in total. The SMILES string of the molecule is CCN(C(C)=O)c1cccc(-c2ccnc3c(C(=O)c4ccc(F)cc4)ncn23)c1. The van der Waals surface area contributed by atoms with Crippen molar-refractivity contribution in [1.29, 1.82) is 0 Å². The Hall–Kier alpha value is -3.87. The summed E-state index contributed by atoms with van der Waals surface area (Å²) in [6.07, 6.45) is 3.16. The summed E-state index contributed by atoms with van der Waals surface area (Å²) in [5.74, 6) is -0.776. The van der Waals surface area contributed by atoms with Crippen molar-refractivity contribution in [2.24, 2.45) is 0 Å². The lowest BCUT2D eigenvalue weighted by Gasteiger charge is -2.20. The lowest BCUT2D eigenvalue weighted by Crippen LogP contribution is -2.27. The summed E-state index contributed by atoms with van der Waals surface area (Å²) in [5.41, 5.74) is 3.37. The maximum Gasteiger partial charge on any atom is 0.223 e. The summed E-state index contributed by atoms with van der Waals surface area (Å²) in [6.45, 7) is 4.01. The number of hydrogen-bond donors (Lipinski definition) is 0. The molecule has 0 aliphatic carbocycles. The second kappa shape index (κ2) is 7.87. The number of ketones is 1. The van der Waals surface area contributed by atoms with Crippen LogP contribution in [0.2, 0.25) is 0 Å². The highest BCUT2D eigenvalue weighted by Gasteiger charge is 2.19. The summed E-state index contributed by atoms with van der Waals surface area (Å²) in [7, 11) is 0. The Kier molecular flexibility index (Phi) is 5.10. The zero-order valence-corrected chi connectivity index (χ0v) is 16.5. The van der Waals surface area contributed by atoms with Crippen LogP contribution in [0.25, 0.3) is 16.9 Å². The fraction of sp³-hybridized carbons (Fsp3) is 0.130. The summed E-state index contributed by atoms with van der Waals surface area (Å²) in [4.78, 5) is 35.1. The number of hydrogen-bond acceptors (Lipinski definition) is 4. The molecule has 4 aromatic rings. The quantitative estimate of drug-likeness (QED) is 0.471. The van der Waals surface area contributed by atoms with Crippen molar-refractivity contribution in [3.05, 3.63) is 84.2 Å². The van der Waals surface area contributed by atoms with Crippen molar-refractivity contribution in [2.45, 2.75) is 13.8 Å². The first kappa shape index (κ1) is 19.4. The van der Waals surface area contributed by atoms with Gasteiger partial charge in [-0.05, 0) is 49.4 Å². The highest BCUT2D eigenvalue weighted by molar-refractivity contribution is 6.11. The molecule has 150 valence electrons. The van der Waals surface area contributed by atoms with Gasteiger partial charge in [0.25, 0.3) is 0 Å². The van der Waals surface area contributed by atoms with Crippen LogP contribution >= 0.6 is 0 Å². The van der Waals surface area contributed by atoms with Gasteiger partial charge in [-0.15, -0.1) is 0 Å². The van der Waals surface area contributed by atoms with Gasteiger partial charge in [-0.1, -0.05) is 12.1 Å². The molecular formula is C23H19FN4O2. The number of aromatic nitrogens is 3. The molecule has 0 radical (unpaired) electrons. The molecular weight excluding hydrogens is 383 g/mol. The van der Waals surface area contributed by atoms with Crippen LogP contribution in [0.15, 0.2) is 67.1 Å². The number of imidazole rings is 1. The molecule has 0 spiro atoms. The highest BCUT2D eigenvalue weighted by Crippen LogP contribution is 2.26. The van der Waals surface area contributed by atoms with Crippen LogP contribution in [0.5, 0.6) is 0 Å². The van der Waals surface area contributed by atoms with Crippen LogP contribution in [-0.4, -0.2) is 32.6 Å². The maximum atomic E-state index is 13.2. The Morgan fingerprint density at radius 2 is 1.83 bits per heavy atom. The average molecular weight is 402 g/mol. The van der Waals surface area contributed by atoms with Gasteiger partial charge in [-0.2, -0.15) is 0 Å². The van der Waals surface area contributed by atoms with E-state index in [1.54, 1.807) is 21.8 Å². The van der Waals surface area contributed by atoms with E-state index in [0.29, 0.717) is 17.8 Å². The lowest BCUT2D eigenvalue weighted by molar-refractivity contribution is -0.116. The van der Waals surface area contributed by atoms with Gasteiger partial charge in [0.15, 0.2) is 11.3 Å². The second-order valence-corrected chi connectivity index (χ2v) is 6.77. The zero-order valence-electron chi connectivity index (χ0n) is 16.5. The number of halogens is 1. The van der Waals surface area contributed by atoms with E-state index in [9.17, 15) is 14.0 Å². The van der Waals surface area contributed by atoms with Crippen molar-refractivity contribution in [2.75, 3.05) is 11.4 Å². The van der Waals surface area contributed by atoms with E-state index in [0.717, 1.165) is 16.9 Å². The number of carbonyl (C=O) groups is 2. The molecule has 0 N–H and O–H groups in total. The molecule has 0 aliphatic rings. The van der Waals surface area contributed by atoms with Crippen LogP contribution in [0.3, 0.4) is 0 Å². The van der Waals surface area contributed by atoms with Crippen LogP contribution in [0.1, 0.15) is 29.9 Å². The predicted octanol–water partition coefficient (Wildman–Crippen LogP) is 4.14. The van der Waals surface area contributed by atoms with Crippen molar-refractivity contribution in [1.82, 2.24) is 14.4 Å². The molecule has 0 aliphatic heterocycles.